The van der Waals surface area contributed by atoms with Crippen molar-refractivity contribution in [2.45, 2.75) is 19.5 Å². The van der Waals surface area contributed by atoms with Gasteiger partial charge in [-0.3, -0.25) is 14.6 Å². The number of nitrogens with one attached hydrogen (secondary N) is 1. The maximum absolute atomic E-state index is 12.5. The standard InChI is InChI=1S/C19H16N6O3S/c1-12(18(27)22-9-14-3-2-8-29-14)25-11-13(4-5-16(25)26)19-23-17(24-28-19)15-10-20-6-7-21-15/h2-8,10-12H,9H2,1H3,(H,22,27)/t12-/m1/s1. The van der Waals surface area contributed by atoms with E-state index in [0.717, 1.165) is 4.88 Å². The van der Waals surface area contributed by atoms with E-state index >= 15 is 0 Å². The van der Waals surface area contributed by atoms with Crippen molar-refractivity contribution in [2.75, 3.05) is 0 Å². The van der Waals surface area contributed by atoms with Crippen LogP contribution in [0.15, 0.2) is 63.8 Å². The van der Waals surface area contributed by atoms with Gasteiger partial charge < -0.3 is 14.4 Å². The van der Waals surface area contributed by atoms with E-state index < -0.39 is 6.04 Å². The Morgan fingerprint density at radius 3 is 2.97 bits per heavy atom. The lowest BCUT2D eigenvalue weighted by molar-refractivity contribution is -0.124. The predicted molar refractivity (Wildman–Crippen MR) is 106 cm³/mol. The summed E-state index contributed by atoms with van der Waals surface area (Å²) in [5, 5.41) is 8.68. The van der Waals surface area contributed by atoms with E-state index in [1.165, 1.54) is 29.2 Å². The van der Waals surface area contributed by atoms with Gasteiger partial charge in [-0.2, -0.15) is 4.98 Å². The van der Waals surface area contributed by atoms with E-state index in [4.69, 9.17) is 4.52 Å². The molecule has 4 rings (SSSR count). The normalized spacial score (nSPS) is 11.9. The summed E-state index contributed by atoms with van der Waals surface area (Å²) in [5.41, 5.74) is 0.684. The zero-order valence-corrected chi connectivity index (χ0v) is 16.2. The van der Waals surface area contributed by atoms with E-state index in [1.54, 1.807) is 30.5 Å². The molecule has 0 aromatic carbocycles. The van der Waals surface area contributed by atoms with Crippen LogP contribution >= 0.6 is 11.3 Å². The number of hydrogen-bond donors (Lipinski definition) is 1. The largest absolute Gasteiger partial charge is 0.349 e. The van der Waals surface area contributed by atoms with Crippen molar-refractivity contribution < 1.29 is 9.32 Å². The first-order valence-corrected chi connectivity index (χ1v) is 9.62. The molecule has 1 atom stereocenters. The minimum Gasteiger partial charge on any atom is -0.349 e. The fraction of sp³-hybridized carbons (Fsp3) is 0.158. The summed E-state index contributed by atoms with van der Waals surface area (Å²) in [6.07, 6.45) is 6.13. The monoisotopic (exact) mass is 408 g/mol. The van der Waals surface area contributed by atoms with Gasteiger partial charge in [-0.25, -0.2) is 4.98 Å². The Kier molecular flexibility index (Phi) is 5.25. The highest BCUT2D eigenvalue weighted by Gasteiger charge is 2.18. The maximum atomic E-state index is 12.5. The average molecular weight is 408 g/mol. The number of pyridine rings is 1. The second kappa shape index (κ2) is 8.15. The van der Waals surface area contributed by atoms with Crippen LogP contribution in [0, 0.1) is 0 Å². The molecular weight excluding hydrogens is 392 g/mol. The fourth-order valence-electron chi connectivity index (χ4n) is 2.65. The van der Waals surface area contributed by atoms with E-state index in [9.17, 15) is 9.59 Å². The van der Waals surface area contributed by atoms with Gasteiger partial charge in [0.1, 0.15) is 11.7 Å². The van der Waals surface area contributed by atoms with Crippen LogP contribution in [0.1, 0.15) is 17.8 Å². The third kappa shape index (κ3) is 4.11. The van der Waals surface area contributed by atoms with Crippen LogP contribution < -0.4 is 10.9 Å². The molecule has 0 radical (unpaired) electrons. The van der Waals surface area contributed by atoms with Crippen molar-refractivity contribution in [3.63, 3.8) is 0 Å². The summed E-state index contributed by atoms with van der Waals surface area (Å²) < 4.78 is 6.63. The molecule has 0 aliphatic heterocycles. The molecule has 4 aromatic heterocycles. The molecule has 10 heteroatoms. The quantitative estimate of drug-likeness (QED) is 0.520. The van der Waals surface area contributed by atoms with Crippen molar-refractivity contribution in [2.24, 2.45) is 0 Å². The Morgan fingerprint density at radius 2 is 2.21 bits per heavy atom. The number of nitrogens with zero attached hydrogens (tertiary/aromatic N) is 5. The smallest absolute Gasteiger partial charge is 0.259 e. The molecular formula is C19H16N6O3S. The summed E-state index contributed by atoms with van der Waals surface area (Å²) in [6, 6.07) is 6.09. The topological polar surface area (TPSA) is 116 Å². The molecule has 146 valence electrons. The molecule has 0 unspecified atom stereocenters. The number of rotatable bonds is 6. The number of aromatic nitrogens is 5. The summed E-state index contributed by atoms with van der Waals surface area (Å²) in [5.74, 6) is 0.238. The highest BCUT2D eigenvalue weighted by Crippen LogP contribution is 2.20. The van der Waals surface area contributed by atoms with Crippen molar-refractivity contribution in [3.05, 3.63) is 69.7 Å². The average Bonchev–Trinajstić information content (AvgIpc) is 3.45. The maximum Gasteiger partial charge on any atom is 0.259 e. The first-order chi connectivity index (χ1) is 14.1. The van der Waals surface area contributed by atoms with Crippen molar-refractivity contribution >= 4 is 17.2 Å². The van der Waals surface area contributed by atoms with Crippen LogP contribution in [0.5, 0.6) is 0 Å². The molecule has 1 amide bonds. The molecule has 0 aliphatic rings. The molecule has 4 heterocycles. The molecule has 1 N–H and O–H groups in total. The molecule has 0 fully saturated rings. The zero-order chi connectivity index (χ0) is 20.2. The zero-order valence-electron chi connectivity index (χ0n) is 15.3. The summed E-state index contributed by atoms with van der Waals surface area (Å²) in [7, 11) is 0. The Labute approximate surface area is 169 Å². The summed E-state index contributed by atoms with van der Waals surface area (Å²) in [4.78, 5) is 38.2. The van der Waals surface area contributed by atoms with Gasteiger partial charge >= 0.3 is 0 Å². The molecule has 0 bridgehead atoms. The van der Waals surface area contributed by atoms with E-state index in [0.29, 0.717) is 17.8 Å². The Balaban J connectivity index is 1.55. The van der Waals surface area contributed by atoms with Crippen molar-refractivity contribution in [3.8, 4) is 23.0 Å². The number of amides is 1. The lowest BCUT2D eigenvalue weighted by Crippen LogP contribution is -2.35. The van der Waals surface area contributed by atoms with Gasteiger partial charge in [0.05, 0.1) is 18.3 Å². The van der Waals surface area contributed by atoms with Crippen LogP contribution in [0.25, 0.3) is 23.0 Å². The lowest BCUT2D eigenvalue weighted by atomic mass is 10.2. The van der Waals surface area contributed by atoms with Crippen molar-refractivity contribution in [1.82, 2.24) is 30.0 Å². The Hall–Kier alpha value is -3.66. The molecule has 0 aliphatic carbocycles. The fourth-order valence-corrected chi connectivity index (χ4v) is 3.30. The van der Waals surface area contributed by atoms with Gasteiger partial charge in [-0.1, -0.05) is 11.2 Å². The second-order valence-electron chi connectivity index (χ2n) is 6.15. The number of hydrogen-bond acceptors (Lipinski definition) is 8. The number of carbonyl (C=O) groups is 1. The number of thiophene rings is 1. The molecule has 29 heavy (non-hydrogen) atoms. The van der Waals surface area contributed by atoms with E-state index in [2.05, 4.69) is 25.4 Å². The third-order valence-corrected chi connectivity index (χ3v) is 5.09. The lowest BCUT2D eigenvalue weighted by Gasteiger charge is -2.15. The second-order valence-corrected chi connectivity index (χ2v) is 7.18. The molecule has 0 spiro atoms. The van der Waals surface area contributed by atoms with Gasteiger partial charge in [-0.15, -0.1) is 11.3 Å². The Morgan fingerprint density at radius 1 is 1.31 bits per heavy atom. The van der Waals surface area contributed by atoms with Crippen LogP contribution in [-0.2, 0) is 11.3 Å². The first-order valence-electron chi connectivity index (χ1n) is 8.74. The molecule has 0 saturated carbocycles. The van der Waals surface area contributed by atoms with E-state index in [-0.39, 0.29) is 23.2 Å². The highest BCUT2D eigenvalue weighted by atomic mass is 32.1. The molecule has 4 aromatic rings. The SMILES string of the molecule is C[C@H](C(=O)NCc1cccs1)n1cc(-c2nc(-c3cnccn3)no2)ccc1=O. The van der Waals surface area contributed by atoms with Gasteiger partial charge in [0, 0.05) is 29.5 Å². The molecule has 9 nitrogen and oxygen atoms in total. The van der Waals surface area contributed by atoms with E-state index in [1.807, 2.05) is 17.5 Å². The third-order valence-electron chi connectivity index (χ3n) is 4.22. The summed E-state index contributed by atoms with van der Waals surface area (Å²) in [6.45, 7) is 2.08. The minimum absolute atomic E-state index is 0.214. The Bertz CT molecular complexity index is 1170. The number of carbonyl (C=O) groups excluding carboxylic acids is 1. The van der Waals surface area contributed by atoms with Crippen LogP contribution in [0.3, 0.4) is 0 Å². The van der Waals surface area contributed by atoms with Gasteiger partial charge in [0.25, 0.3) is 11.4 Å². The van der Waals surface area contributed by atoms with Crippen LogP contribution in [0.2, 0.25) is 0 Å². The molecule has 0 saturated heterocycles. The first kappa shape index (κ1) is 18.7. The van der Waals surface area contributed by atoms with Gasteiger partial charge in [0.15, 0.2) is 0 Å². The van der Waals surface area contributed by atoms with Gasteiger partial charge in [0.2, 0.25) is 11.7 Å². The van der Waals surface area contributed by atoms with Crippen LogP contribution in [-0.4, -0.2) is 30.6 Å². The van der Waals surface area contributed by atoms with Gasteiger partial charge in [-0.05, 0) is 24.4 Å². The highest BCUT2D eigenvalue weighted by molar-refractivity contribution is 7.09. The summed E-state index contributed by atoms with van der Waals surface area (Å²) >= 11 is 1.56. The van der Waals surface area contributed by atoms with Crippen molar-refractivity contribution in [1.29, 1.82) is 0 Å². The van der Waals surface area contributed by atoms with Crippen LogP contribution in [0.4, 0.5) is 0 Å². The predicted octanol–water partition coefficient (Wildman–Crippen LogP) is 2.29. The minimum atomic E-state index is -0.704.